The first-order valence-corrected chi connectivity index (χ1v) is 7.42. The van der Waals surface area contributed by atoms with Crippen LogP contribution in [0.5, 0.6) is 11.5 Å². The number of phenols is 1. The fraction of sp³-hybridized carbons (Fsp3) is 0.105. The van der Waals surface area contributed by atoms with Crippen molar-refractivity contribution >= 4 is 5.97 Å². The van der Waals surface area contributed by atoms with E-state index in [-0.39, 0.29) is 0 Å². The van der Waals surface area contributed by atoms with Gasteiger partial charge in [-0.25, -0.2) is 14.8 Å². The van der Waals surface area contributed by atoms with Crippen LogP contribution >= 0.6 is 0 Å². The summed E-state index contributed by atoms with van der Waals surface area (Å²) in [6.45, 7) is 3.72. The van der Waals surface area contributed by atoms with Gasteiger partial charge in [0.15, 0.2) is 5.75 Å². The van der Waals surface area contributed by atoms with Gasteiger partial charge < -0.3 is 9.84 Å². The average molecular weight is 320 g/mol. The molecule has 0 atom stereocenters. The number of esters is 1. The quantitative estimate of drug-likeness (QED) is 0.745. The molecule has 0 saturated heterocycles. The number of carbonyl (C=O) groups excluding carboxylic acids is 1. The summed E-state index contributed by atoms with van der Waals surface area (Å²) in [4.78, 5) is 19.7. The number of rotatable bonds is 3. The summed E-state index contributed by atoms with van der Waals surface area (Å²) in [5.41, 5.74) is 4.02. The van der Waals surface area contributed by atoms with Crippen LogP contribution in [-0.4, -0.2) is 21.0 Å². The standard InChI is InChI=1S/C19H16N2O3/c1-12-7-16(8-13(2)18(12)22)14-3-5-15(6-4-14)19(23)24-17-9-20-11-21-10-17/h3-11,22H,1-2H3. The zero-order valence-corrected chi connectivity index (χ0v) is 13.4. The molecule has 1 heterocycles. The number of phenolic OH excluding ortho intramolecular Hbond substituents is 1. The van der Waals surface area contributed by atoms with E-state index in [0.717, 1.165) is 22.3 Å². The molecular formula is C19H16N2O3. The lowest BCUT2D eigenvalue weighted by Gasteiger charge is -2.09. The van der Waals surface area contributed by atoms with Crippen LogP contribution in [0.15, 0.2) is 55.1 Å². The highest BCUT2D eigenvalue weighted by atomic mass is 16.5. The first-order valence-electron chi connectivity index (χ1n) is 7.42. The Kier molecular flexibility index (Phi) is 4.24. The fourth-order valence-corrected chi connectivity index (χ4v) is 2.43. The summed E-state index contributed by atoms with van der Waals surface area (Å²) in [5.74, 6) is 0.148. The average Bonchev–Trinajstić information content (AvgIpc) is 2.60. The van der Waals surface area contributed by atoms with Crippen molar-refractivity contribution in [3.63, 3.8) is 0 Å². The van der Waals surface area contributed by atoms with E-state index in [2.05, 4.69) is 9.97 Å². The molecule has 5 nitrogen and oxygen atoms in total. The Morgan fingerprint density at radius 3 is 2.12 bits per heavy atom. The molecule has 0 aliphatic carbocycles. The molecule has 3 aromatic rings. The summed E-state index contributed by atoms with van der Waals surface area (Å²) in [6, 6.07) is 10.9. The third kappa shape index (κ3) is 3.25. The summed E-state index contributed by atoms with van der Waals surface area (Å²) in [6.07, 6.45) is 4.23. The minimum atomic E-state index is -0.464. The van der Waals surface area contributed by atoms with E-state index in [1.807, 2.05) is 38.1 Å². The molecule has 0 aliphatic heterocycles. The molecule has 0 radical (unpaired) electrons. The van der Waals surface area contributed by atoms with Crippen LogP contribution in [0.1, 0.15) is 21.5 Å². The Morgan fingerprint density at radius 2 is 1.54 bits per heavy atom. The Balaban J connectivity index is 1.82. The van der Waals surface area contributed by atoms with Crippen molar-refractivity contribution in [2.45, 2.75) is 13.8 Å². The number of nitrogens with zero attached hydrogens (tertiary/aromatic N) is 2. The third-order valence-electron chi connectivity index (χ3n) is 3.69. The maximum Gasteiger partial charge on any atom is 0.343 e. The number of aryl methyl sites for hydroxylation is 2. The largest absolute Gasteiger partial charge is 0.507 e. The molecule has 0 spiro atoms. The Bertz CT molecular complexity index is 852. The first-order chi connectivity index (χ1) is 11.5. The van der Waals surface area contributed by atoms with Crippen LogP contribution < -0.4 is 4.74 Å². The number of ether oxygens (including phenoxy) is 1. The number of hydrogen-bond donors (Lipinski definition) is 1. The van der Waals surface area contributed by atoms with Crippen LogP contribution in [0.3, 0.4) is 0 Å². The second-order valence-electron chi connectivity index (χ2n) is 5.50. The van der Waals surface area contributed by atoms with Crippen LogP contribution in [0.25, 0.3) is 11.1 Å². The number of hydrogen-bond acceptors (Lipinski definition) is 5. The summed E-state index contributed by atoms with van der Waals surface area (Å²) < 4.78 is 5.20. The van der Waals surface area contributed by atoms with E-state index < -0.39 is 5.97 Å². The maximum absolute atomic E-state index is 12.1. The normalized spacial score (nSPS) is 10.4. The molecule has 0 fully saturated rings. The van der Waals surface area contributed by atoms with Crippen molar-refractivity contribution in [2.75, 3.05) is 0 Å². The van der Waals surface area contributed by atoms with Gasteiger partial charge in [-0.15, -0.1) is 0 Å². The molecule has 5 heteroatoms. The summed E-state index contributed by atoms with van der Waals surface area (Å²) in [7, 11) is 0. The molecule has 0 saturated carbocycles. The van der Waals surface area contributed by atoms with Crippen LogP contribution in [-0.2, 0) is 0 Å². The molecule has 0 bridgehead atoms. The minimum Gasteiger partial charge on any atom is -0.507 e. The SMILES string of the molecule is Cc1cc(-c2ccc(C(=O)Oc3cncnc3)cc2)cc(C)c1O. The zero-order chi connectivity index (χ0) is 17.1. The molecule has 0 aliphatic rings. The fourth-order valence-electron chi connectivity index (χ4n) is 2.43. The monoisotopic (exact) mass is 320 g/mol. The maximum atomic E-state index is 12.1. The number of carbonyl (C=O) groups is 1. The highest BCUT2D eigenvalue weighted by molar-refractivity contribution is 5.91. The molecule has 3 rings (SSSR count). The van der Waals surface area contributed by atoms with E-state index in [4.69, 9.17) is 4.74 Å². The van der Waals surface area contributed by atoms with Gasteiger partial charge in [-0.05, 0) is 60.4 Å². The van der Waals surface area contributed by atoms with Crippen molar-refractivity contribution in [3.8, 4) is 22.6 Å². The summed E-state index contributed by atoms with van der Waals surface area (Å²) in [5, 5.41) is 9.86. The third-order valence-corrected chi connectivity index (χ3v) is 3.69. The van der Waals surface area contributed by atoms with Crippen molar-refractivity contribution < 1.29 is 14.6 Å². The van der Waals surface area contributed by atoms with E-state index in [1.165, 1.54) is 18.7 Å². The van der Waals surface area contributed by atoms with Gasteiger partial charge in [0.05, 0.1) is 18.0 Å². The van der Waals surface area contributed by atoms with E-state index >= 15 is 0 Å². The molecule has 24 heavy (non-hydrogen) atoms. The molecule has 120 valence electrons. The van der Waals surface area contributed by atoms with E-state index in [0.29, 0.717) is 17.1 Å². The van der Waals surface area contributed by atoms with Gasteiger partial charge in [0.25, 0.3) is 0 Å². The zero-order valence-electron chi connectivity index (χ0n) is 13.4. The van der Waals surface area contributed by atoms with Gasteiger partial charge in [0.1, 0.15) is 12.1 Å². The highest BCUT2D eigenvalue weighted by Crippen LogP contribution is 2.29. The number of aromatic hydroxyl groups is 1. The molecule has 1 N–H and O–H groups in total. The van der Waals surface area contributed by atoms with Crippen molar-refractivity contribution in [3.05, 3.63) is 71.8 Å². The molecule has 0 amide bonds. The van der Waals surface area contributed by atoms with Gasteiger partial charge in [0.2, 0.25) is 0 Å². The van der Waals surface area contributed by atoms with Crippen LogP contribution in [0.2, 0.25) is 0 Å². The molecular weight excluding hydrogens is 304 g/mol. The van der Waals surface area contributed by atoms with Gasteiger partial charge >= 0.3 is 5.97 Å². The smallest absolute Gasteiger partial charge is 0.343 e. The van der Waals surface area contributed by atoms with Gasteiger partial charge in [-0.2, -0.15) is 0 Å². The predicted octanol–water partition coefficient (Wildman–Crippen LogP) is 3.69. The minimum absolute atomic E-state index is 0.302. The molecule has 2 aromatic carbocycles. The lowest BCUT2D eigenvalue weighted by atomic mass is 9.99. The topological polar surface area (TPSA) is 72.3 Å². The Labute approximate surface area is 139 Å². The highest BCUT2D eigenvalue weighted by Gasteiger charge is 2.10. The van der Waals surface area contributed by atoms with Crippen molar-refractivity contribution in [2.24, 2.45) is 0 Å². The van der Waals surface area contributed by atoms with Gasteiger partial charge in [0, 0.05) is 0 Å². The molecule has 0 unspecified atom stereocenters. The van der Waals surface area contributed by atoms with Gasteiger partial charge in [-0.3, -0.25) is 0 Å². The lowest BCUT2D eigenvalue weighted by Crippen LogP contribution is -2.08. The Morgan fingerprint density at radius 1 is 0.958 bits per heavy atom. The second kappa shape index (κ2) is 6.50. The van der Waals surface area contributed by atoms with Crippen LogP contribution in [0, 0.1) is 13.8 Å². The predicted molar refractivity (Wildman–Crippen MR) is 90.0 cm³/mol. The second-order valence-corrected chi connectivity index (χ2v) is 5.50. The molecule has 1 aromatic heterocycles. The number of benzene rings is 2. The van der Waals surface area contributed by atoms with E-state index in [1.54, 1.807) is 12.1 Å². The van der Waals surface area contributed by atoms with Crippen molar-refractivity contribution in [1.29, 1.82) is 0 Å². The van der Waals surface area contributed by atoms with Crippen LogP contribution in [0.4, 0.5) is 0 Å². The lowest BCUT2D eigenvalue weighted by molar-refractivity contribution is 0.0733. The van der Waals surface area contributed by atoms with Crippen molar-refractivity contribution in [1.82, 2.24) is 9.97 Å². The first kappa shape index (κ1) is 15.7. The summed E-state index contributed by atoms with van der Waals surface area (Å²) >= 11 is 0. The number of aromatic nitrogens is 2. The Hall–Kier alpha value is -3.21. The van der Waals surface area contributed by atoms with E-state index in [9.17, 15) is 9.90 Å². The van der Waals surface area contributed by atoms with Gasteiger partial charge in [-0.1, -0.05) is 12.1 Å².